The van der Waals surface area contributed by atoms with Crippen LogP contribution in [0.3, 0.4) is 0 Å². The lowest BCUT2D eigenvalue weighted by Gasteiger charge is -2.35. The minimum atomic E-state index is -0.678. The van der Waals surface area contributed by atoms with Crippen LogP contribution in [-0.4, -0.2) is 33.2 Å². The number of carbonyl (C=O) groups excluding carboxylic acids is 1. The molecule has 1 aliphatic carbocycles. The molecule has 0 saturated heterocycles. The third kappa shape index (κ3) is 3.97. The van der Waals surface area contributed by atoms with E-state index >= 15 is 0 Å². The number of likely N-dealkylation sites (N-methyl/N-ethyl adjacent to an activating group) is 1. The fourth-order valence-corrected chi connectivity index (χ4v) is 3.29. The van der Waals surface area contributed by atoms with E-state index < -0.39 is 5.54 Å². The molecule has 2 N–H and O–H groups in total. The standard InChI is InChI=1S/C18H24N4O.ClH/c1-21(17(23)18(19)10-6-3-7-11-18)13-15-12-20-22(14-15)16-8-4-2-5-9-16;/h2,4-5,8-9,12,14H,3,6-7,10-11,13,19H2,1H3;1H. The van der Waals surface area contributed by atoms with Gasteiger partial charge in [0.15, 0.2) is 0 Å². The van der Waals surface area contributed by atoms with E-state index in [1.54, 1.807) is 11.1 Å². The van der Waals surface area contributed by atoms with Gasteiger partial charge in [-0.05, 0) is 25.0 Å². The Hall–Kier alpha value is -1.85. The number of halogens is 1. The first-order valence-electron chi connectivity index (χ1n) is 8.22. The molecule has 1 aromatic heterocycles. The van der Waals surface area contributed by atoms with E-state index in [2.05, 4.69) is 5.10 Å². The molecular formula is C18H25ClN4O. The van der Waals surface area contributed by atoms with E-state index in [1.165, 1.54) is 6.42 Å². The van der Waals surface area contributed by atoms with Crippen LogP contribution in [0.25, 0.3) is 5.69 Å². The van der Waals surface area contributed by atoms with Crippen molar-refractivity contribution >= 4 is 18.3 Å². The topological polar surface area (TPSA) is 64.2 Å². The largest absolute Gasteiger partial charge is 0.340 e. The summed E-state index contributed by atoms with van der Waals surface area (Å²) < 4.78 is 1.83. The molecule has 24 heavy (non-hydrogen) atoms. The molecule has 5 nitrogen and oxygen atoms in total. The maximum absolute atomic E-state index is 12.7. The Labute approximate surface area is 149 Å². The molecule has 0 unspecified atom stereocenters. The van der Waals surface area contributed by atoms with Crippen molar-refractivity contribution in [3.05, 3.63) is 48.3 Å². The number of aromatic nitrogens is 2. The first-order valence-corrected chi connectivity index (χ1v) is 8.22. The van der Waals surface area contributed by atoms with Gasteiger partial charge in [-0.25, -0.2) is 4.68 Å². The third-order valence-corrected chi connectivity index (χ3v) is 4.59. The molecule has 6 heteroatoms. The minimum absolute atomic E-state index is 0. The molecule has 3 rings (SSSR count). The molecule has 1 saturated carbocycles. The summed E-state index contributed by atoms with van der Waals surface area (Å²) in [5, 5.41) is 4.38. The quantitative estimate of drug-likeness (QED) is 0.923. The fourth-order valence-electron chi connectivity index (χ4n) is 3.29. The van der Waals surface area contributed by atoms with Gasteiger partial charge in [0.2, 0.25) is 5.91 Å². The van der Waals surface area contributed by atoms with Crippen molar-refractivity contribution in [2.75, 3.05) is 7.05 Å². The summed E-state index contributed by atoms with van der Waals surface area (Å²) in [4.78, 5) is 14.4. The number of carbonyl (C=O) groups is 1. The van der Waals surface area contributed by atoms with E-state index in [9.17, 15) is 4.79 Å². The molecule has 130 valence electrons. The number of nitrogens with two attached hydrogens (primary N) is 1. The Kier molecular flexibility index (Phi) is 6.02. The first-order chi connectivity index (χ1) is 11.1. The minimum Gasteiger partial charge on any atom is -0.340 e. The number of rotatable bonds is 4. The summed E-state index contributed by atoms with van der Waals surface area (Å²) in [5.41, 5.74) is 7.68. The Balaban J connectivity index is 0.00000208. The van der Waals surface area contributed by atoms with Crippen molar-refractivity contribution in [1.82, 2.24) is 14.7 Å². The predicted molar refractivity (Wildman–Crippen MR) is 97.3 cm³/mol. The van der Waals surface area contributed by atoms with Crippen LogP contribution in [0.4, 0.5) is 0 Å². The number of nitrogens with zero attached hydrogens (tertiary/aromatic N) is 3. The van der Waals surface area contributed by atoms with Gasteiger partial charge >= 0.3 is 0 Å². The van der Waals surface area contributed by atoms with E-state index in [1.807, 2.05) is 48.3 Å². The van der Waals surface area contributed by atoms with Gasteiger partial charge in [0.25, 0.3) is 0 Å². The lowest BCUT2D eigenvalue weighted by molar-refractivity contribution is -0.137. The van der Waals surface area contributed by atoms with Gasteiger partial charge in [0.1, 0.15) is 0 Å². The number of hydrogen-bond donors (Lipinski definition) is 1. The SMILES string of the molecule is CN(Cc1cnn(-c2ccccc2)c1)C(=O)C1(N)CCCCC1.Cl. The lowest BCUT2D eigenvalue weighted by Crippen LogP contribution is -2.55. The highest BCUT2D eigenvalue weighted by molar-refractivity contribution is 5.86. The van der Waals surface area contributed by atoms with Crippen LogP contribution in [0.1, 0.15) is 37.7 Å². The van der Waals surface area contributed by atoms with Crippen molar-refractivity contribution in [1.29, 1.82) is 0 Å². The Bertz CT molecular complexity index is 665. The summed E-state index contributed by atoms with van der Waals surface area (Å²) in [5.74, 6) is 0.0460. The van der Waals surface area contributed by atoms with Crippen molar-refractivity contribution < 1.29 is 4.79 Å². The highest BCUT2D eigenvalue weighted by Crippen LogP contribution is 2.27. The molecule has 1 aliphatic rings. The van der Waals surface area contributed by atoms with Gasteiger partial charge in [0.05, 0.1) is 17.4 Å². The van der Waals surface area contributed by atoms with Crippen LogP contribution in [0.2, 0.25) is 0 Å². The van der Waals surface area contributed by atoms with Crippen LogP contribution in [-0.2, 0) is 11.3 Å². The zero-order valence-corrected chi connectivity index (χ0v) is 14.8. The smallest absolute Gasteiger partial charge is 0.242 e. The molecule has 1 fully saturated rings. The second-order valence-corrected chi connectivity index (χ2v) is 6.51. The van der Waals surface area contributed by atoms with Gasteiger partial charge < -0.3 is 10.6 Å². The number of hydrogen-bond acceptors (Lipinski definition) is 3. The third-order valence-electron chi connectivity index (χ3n) is 4.59. The lowest BCUT2D eigenvalue weighted by atomic mass is 9.81. The summed E-state index contributed by atoms with van der Waals surface area (Å²) in [7, 11) is 1.82. The molecule has 0 spiro atoms. The summed E-state index contributed by atoms with van der Waals surface area (Å²) >= 11 is 0. The second-order valence-electron chi connectivity index (χ2n) is 6.51. The Morgan fingerprint density at radius 2 is 1.92 bits per heavy atom. The van der Waals surface area contributed by atoms with Gasteiger partial charge in [-0.2, -0.15) is 5.10 Å². The Morgan fingerprint density at radius 3 is 2.58 bits per heavy atom. The van der Waals surface area contributed by atoms with Gasteiger partial charge in [-0.3, -0.25) is 4.79 Å². The molecule has 1 amide bonds. The van der Waals surface area contributed by atoms with E-state index in [0.29, 0.717) is 6.54 Å². The zero-order valence-electron chi connectivity index (χ0n) is 14.0. The van der Waals surface area contributed by atoms with E-state index in [-0.39, 0.29) is 18.3 Å². The molecule has 0 radical (unpaired) electrons. The maximum Gasteiger partial charge on any atom is 0.242 e. The summed E-state index contributed by atoms with van der Waals surface area (Å²) in [6, 6.07) is 9.94. The number of amides is 1. The first kappa shape index (κ1) is 18.5. The summed E-state index contributed by atoms with van der Waals surface area (Å²) in [6.45, 7) is 0.532. The van der Waals surface area contributed by atoms with Crippen LogP contribution >= 0.6 is 12.4 Å². The average molecular weight is 349 g/mol. The Morgan fingerprint density at radius 1 is 1.25 bits per heavy atom. The van der Waals surface area contributed by atoms with Gasteiger partial charge in [-0.1, -0.05) is 37.5 Å². The van der Waals surface area contributed by atoms with Crippen molar-refractivity contribution in [3.8, 4) is 5.69 Å². The molecule has 0 bridgehead atoms. The van der Waals surface area contributed by atoms with Gasteiger partial charge in [-0.15, -0.1) is 12.4 Å². The van der Waals surface area contributed by atoms with Crippen molar-refractivity contribution in [2.45, 2.75) is 44.2 Å². The average Bonchev–Trinajstić information content (AvgIpc) is 3.04. The maximum atomic E-state index is 12.7. The molecule has 0 aliphatic heterocycles. The van der Waals surface area contributed by atoms with Crippen LogP contribution in [0.5, 0.6) is 0 Å². The van der Waals surface area contributed by atoms with Crippen LogP contribution in [0, 0.1) is 0 Å². The normalized spacial score (nSPS) is 16.2. The number of para-hydroxylation sites is 1. The van der Waals surface area contributed by atoms with E-state index in [0.717, 1.165) is 36.9 Å². The number of benzene rings is 1. The van der Waals surface area contributed by atoms with Crippen LogP contribution in [0.15, 0.2) is 42.7 Å². The predicted octanol–water partition coefficient (Wildman–Crippen LogP) is 2.91. The van der Waals surface area contributed by atoms with E-state index in [4.69, 9.17) is 5.73 Å². The van der Waals surface area contributed by atoms with Gasteiger partial charge in [0, 0.05) is 25.4 Å². The molecule has 1 heterocycles. The summed E-state index contributed by atoms with van der Waals surface area (Å²) in [6.07, 6.45) is 8.62. The highest BCUT2D eigenvalue weighted by Gasteiger charge is 2.37. The highest BCUT2D eigenvalue weighted by atomic mass is 35.5. The van der Waals surface area contributed by atoms with Crippen molar-refractivity contribution in [2.24, 2.45) is 5.73 Å². The fraction of sp³-hybridized carbons (Fsp3) is 0.444. The zero-order chi connectivity index (χ0) is 16.3. The second kappa shape index (κ2) is 7.81. The molecule has 2 aromatic rings. The molecular weight excluding hydrogens is 324 g/mol. The molecule has 0 atom stereocenters. The van der Waals surface area contributed by atoms with Crippen molar-refractivity contribution in [3.63, 3.8) is 0 Å². The molecule has 1 aromatic carbocycles. The van der Waals surface area contributed by atoms with Crippen LogP contribution < -0.4 is 5.73 Å². The monoisotopic (exact) mass is 348 g/mol.